The number of aromatic carboxylic acids is 1. The summed E-state index contributed by atoms with van der Waals surface area (Å²) >= 11 is 0. The van der Waals surface area contributed by atoms with Gasteiger partial charge in [0, 0.05) is 25.9 Å². The molecule has 1 N–H and O–H groups in total. The van der Waals surface area contributed by atoms with Crippen LogP contribution < -0.4 is 0 Å². The van der Waals surface area contributed by atoms with E-state index in [-0.39, 0.29) is 17.7 Å². The molecule has 156 valence electrons. The van der Waals surface area contributed by atoms with Crippen LogP contribution in [0.15, 0.2) is 42.6 Å². The van der Waals surface area contributed by atoms with Gasteiger partial charge < -0.3 is 14.7 Å². The number of carbonyl (C=O) groups is 2. The Morgan fingerprint density at radius 2 is 1.87 bits per heavy atom. The van der Waals surface area contributed by atoms with E-state index in [0.717, 1.165) is 49.9 Å². The van der Waals surface area contributed by atoms with Crippen LogP contribution in [0, 0.1) is 5.41 Å². The highest BCUT2D eigenvalue weighted by molar-refractivity contribution is 5.87. The van der Waals surface area contributed by atoms with Gasteiger partial charge in [0.15, 0.2) is 0 Å². The number of aromatic nitrogens is 1. The molecule has 6 nitrogen and oxygen atoms in total. The van der Waals surface area contributed by atoms with Crippen LogP contribution in [0.3, 0.4) is 0 Å². The first kappa shape index (κ1) is 19.2. The third kappa shape index (κ3) is 3.49. The summed E-state index contributed by atoms with van der Waals surface area (Å²) in [6, 6.07) is 11.9. The van der Waals surface area contributed by atoms with Crippen LogP contribution in [0.4, 0.5) is 0 Å². The van der Waals surface area contributed by atoms with Gasteiger partial charge in [-0.2, -0.15) is 0 Å². The fourth-order valence-electron chi connectivity index (χ4n) is 5.16. The van der Waals surface area contributed by atoms with E-state index in [1.54, 1.807) is 6.07 Å². The smallest absolute Gasteiger partial charge is 0.354 e. The minimum absolute atomic E-state index is 0.0574. The molecule has 1 aliphatic carbocycles. The van der Waals surface area contributed by atoms with Gasteiger partial charge in [0.25, 0.3) is 5.91 Å². The molecule has 1 aromatic heterocycles. The lowest BCUT2D eigenvalue weighted by Crippen LogP contribution is -2.44. The second-order valence-corrected chi connectivity index (χ2v) is 8.80. The first-order valence-electron chi connectivity index (χ1n) is 10.8. The minimum atomic E-state index is -1.02. The molecule has 2 aliphatic heterocycles. The fraction of sp³-hybridized carbons (Fsp3) is 0.458. The monoisotopic (exact) mass is 406 g/mol. The molecular weight excluding hydrogens is 380 g/mol. The highest BCUT2D eigenvalue weighted by Gasteiger charge is 2.55. The van der Waals surface area contributed by atoms with Crippen molar-refractivity contribution in [3.05, 3.63) is 53.9 Å². The number of carbonyl (C=O) groups excluding carboxylic acids is 1. The lowest BCUT2D eigenvalue weighted by Gasteiger charge is -2.34. The lowest BCUT2D eigenvalue weighted by molar-refractivity contribution is -0.142. The predicted octanol–water partition coefficient (Wildman–Crippen LogP) is 3.72. The summed E-state index contributed by atoms with van der Waals surface area (Å²) in [4.78, 5) is 29.6. The van der Waals surface area contributed by atoms with Gasteiger partial charge in [-0.1, -0.05) is 24.3 Å². The Balaban J connectivity index is 1.22. The van der Waals surface area contributed by atoms with Crippen LogP contribution in [-0.4, -0.2) is 52.7 Å². The molecule has 30 heavy (non-hydrogen) atoms. The number of piperidine rings is 1. The van der Waals surface area contributed by atoms with Gasteiger partial charge in [0.05, 0.1) is 0 Å². The minimum Gasteiger partial charge on any atom is -0.477 e. The molecule has 6 heteroatoms. The fourth-order valence-corrected chi connectivity index (χ4v) is 5.16. The zero-order valence-electron chi connectivity index (χ0n) is 16.9. The number of amides is 1. The van der Waals surface area contributed by atoms with E-state index in [4.69, 9.17) is 9.84 Å². The molecule has 2 atom stereocenters. The normalized spacial score (nSPS) is 24.7. The first-order valence-corrected chi connectivity index (χ1v) is 10.8. The largest absolute Gasteiger partial charge is 0.477 e. The molecule has 3 heterocycles. The Morgan fingerprint density at radius 1 is 1.10 bits per heavy atom. The van der Waals surface area contributed by atoms with Crippen LogP contribution in [0.5, 0.6) is 0 Å². The zero-order valence-corrected chi connectivity index (χ0v) is 16.9. The van der Waals surface area contributed by atoms with Gasteiger partial charge in [-0.3, -0.25) is 4.79 Å². The second kappa shape index (κ2) is 7.51. The number of pyridine rings is 1. The predicted molar refractivity (Wildman–Crippen MR) is 111 cm³/mol. The molecule has 2 saturated heterocycles. The summed E-state index contributed by atoms with van der Waals surface area (Å²) < 4.78 is 5.57. The van der Waals surface area contributed by atoms with E-state index in [0.29, 0.717) is 17.9 Å². The molecule has 1 unspecified atom stereocenters. The average Bonchev–Trinajstić information content (AvgIpc) is 3.20. The van der Waals surface area contributed by atoms with E-state index in [1.165, 1.54) is 18.2 Å². The Bertz CT molecular complexity index is 957. The molecule has 0 radical (unpaired) electrons. The van der Waals surface area contributed by atoms with E-state index in [9.17, 15) is 9.59 Å². The Kier molecular flexibility index (Phi) is 4.82. The van der Waals surface area contributed by atoms with Crippen LogP contribution >= 0.6 is 0 Å². The molecule has 3 aliphatic rings. The maximum atomic E-state index is 12.6. The first-order chi connectivity index (χ1) is 14.6. The summed E-state index contributed by atoms with van der Waals surface area (Å²) in [5.41, 5.74) is 3.59. The number of hydrogen-bond acceptors (Lipinski definition) is 4. The highest BCUT2D eigenvalue weighted by atomic mass is 16.5. The molecule has 1 aromatic carbocycles. The molecule has 2 aromatic rings. The Labute approximate surface area is 175 Å². The molecule has 3 fully saturated rings. The van der Waals surface area contributed by atoms with Crippen LogP contribution in [0.25, 0.3) is 11.1 Å². The maximum absolute atomic E-state index is 12.6. The SMILES string of the molecule is O=C(O)c1cc(-c2ccc([C@H]3CC34CCN(C(=O)C3CCCO3)CC4)cc2)ccn1. The number of benzene rings is 1. The van der Waals surface area contributed by atoms with Crippen molar-refractivity contribution in [1.29, 1.82) is 0 Å². The summed E-state index contributed by atoms with van der Waals surface area (Å²) in [6.07, 6.45) is 6.48. The second-order valence-electron chi connectivity index (χ2n) is 8.80. The molecular formula is C24H26N2O4. The molecule has 0 bridgehead atoms. The van der Waals surface area contributed by atoms with Gasteiger partial charge in [0.2, 0.25) is 0 Å². The quantitative estimate of drug-likeness (QED) is 0.837. The van der Waals surface area contributed by atoms with E-state index < -0.39 is 5.97 Å². The van der Waals surface area contributed by atoms with Gasteiger partial charge in [-0.25, -0.2) is 9.78 Å². The van der Waals surface area contributed by atoms with Gasteiger partial charge in [0.1, 0.15) is 11.8 Å². The van der Waals surface area contributed by atoms with E-state index >= 15 is 0 Å². The van der Waals surface area contributed by atoms with Crippen molar-refractivity contribution in [2.75, 3.05) is 19.7 Å². The van der Waals surface area contributed by atoms with Crippen LogP contribution in [-0.2, 0) is 9.53 Å². The van der Waals surface area contributed by atoms with Gasteiger partial charge in [-0.15, -0.1) is 0 Å². The number of carboxylic acid groups (broad SMARTS) is 1. The number of hydrogen-bond donors (Lipinski definition) is 1. The van der Waals surface area contributed by atoms with Crippen molar-refractivity contribution in [2.45, 2.75) is 44.1 Å². The summed E-state index contributed by atoms with van der Waals surface area (Å²) in [5, 5.41) is 9.14. The molecule has 5 rings (SSSR count). The van der Waals surface area contributed by atoms with Crippen molar-refractivity contribution in [2.24, 2.45) is 5.41 Å². The third-order valence-corrected chi connectivity index (χ3v) is 7.09. The topological polar surface area (TPSA) is 79.7 Å². The zero-order chi connectivity index (χ0) is 20.7. The Morgan fingerprint density at radius 3 is 2.53 bits per heavy atom. The number of likely N-dealkylation sites (tertiary alicyclic amines) is 1. The standard InChI is InChI=1S/C24H26N2O4/c27-22(21-2-1-13-30-21)26-11-8-24(9-12-26)15-19(24)17-5-3-16(4-6-17)18-7-10-25-20(14-18)23(28)29/h3-7,10,14,19,21H,1-2,8-9,11-13,15H2,(H,28,29)/t19-,21?/m1/s1. The summed E-state index contributed by atoms with van der Waals surface area (Å²) in [5.74, 6) is -0.279. The molecule has 1 amide bonds. The molecule has 1 spiro atoms. The third-order valence-electron chi connectivity index (χ3n) is 7.09. The number of carboxylic acids is 1. The van der Waals surface area contributed by atoms with Crippen molar-refractivity contribution in [3.8, 4) is 11.1 Å². The van der Waals surface area contributed by atoms with Crippen molar-refractivity contribution < 1.29 is 19.4 Å². The number of rotatable bonds is 4. The molecule has 1 saturated carbocycles. The van der Waals surface area contributed by atoms with Gasteiger partial charge in [-0.05, 0) is 72.3 Å². The maximum Gasteiger partial charge on any atom is 0.354 e. The van der Waals surface area contributed by atoms with Crippen molar-refractivity contribution in [1.82, 2.24) is 9.88 Å². The van der Waals surface area contributed by atoms with E-state index in [1.807, 2.05) is 11.0 Å². The van der Waals surface area contributed by atoms with Crippen LogP contribution in [0.2, 0.25) is 0 Å². The van der Waals surface area contributed by atoms with Crippen LogP contribution in [0.1, 0.15) is 54.1 Å². The highest BCUT2D eigenvalue weighted by Crippen LogP contribution is 2.65. The van der Waals surface area contributed by atoms with Gasteiger partial charge >= 0.3 is 5.97 Å². The summed E-state index contributed by atoms with van der Waals surface area (Å²) in [6.45, 7) is 2.38. The van der Waals surface area contributed by atoms with E-state index in [2.05, 4.69) is 29.2 Å². The number of nitrogens with zero attached hydrogens (tertiary/aromatic N) is 2. The van der Waals surface area contributed by atoms with Crippen molar-refractivity contribution in [3.63, 3.8) is 0 Å². The Hall–Kier alpha value is -2.73. The van der Waals surface area contributed by atoms with Crippen molar-refractivity contribution >= 4 is 11.9 Å². The average molecular weight is 406 g/mol. The summed E-state index contributed by atoms with van der Waals surface area (Å²) in [7, 11) is 0. The lowest BCUT2D eigenvalue weighted by atomic mass is 9.88. The number of ether oxygens (including phenoxy) is 1.